The van der Waals surface area contributed by atoms with E-state index in [0.29, 0.717) is 19.4 Å². The maximum Gasteiger partial charge on any atom is 0.410 e. The summed E-state index contributed by atoms with van der Waals surface area (Å²) in [6, 6.07) is 25.8. The lowest BCUT2D eigenvalue weighted by atomic mass is 9.85. The number of hydrogen-bond acceptors (Lipinski definition) is 4. The summed E-state index contributed by atoms with van der Waals surface area (Å²) in [5.41, 5.74) is 2.40. The van der Waals surface area contributed by atoms with E-state index in [2.05, 4.69) is 5.32 Å². The smallest absolute Gasteiger partial charge is 0.410 e. The topological polar surface area (TPSA) is 95.9 Å². The third-order valence-corrected chi connectivity index (χ3v) is 6.21. The van der Waals surface area contributed by atoms with Crippen LogP contribution in [0.2, 0.25) is 0 Å². The molecule has 1 aliphatic rings. The second-order valence-electron chi connectivity index (χ2n) is 8.52. The van der Waals surface area contributed by atoms with Gasteiger partial charge in [0.2, 0.25) is 5.91 Å². The fourth-order valence-electron chi connectivity index (χ4n) is 4.50. The lowest BCUT2D eigenvalue weighted by Crippen LogP contribution is -2.52. The Balaban J connectivity index is 1.51. The van der Waals surface area contributed by atoms with Crippen LogP contribution >= 0.6 is 0 Å². The zero-order valence-electron chi connectivity index (χ0n) is 19.2. The maximum absolute atomic E-state index is 13.3. The first kappa shape index (κ1) is 24.0. The van der Waals surface area contributed by atoms with Crippen LogP contribution in [0, 0.1) is 0 Å². The number of carboxylic acid groups (broad SMARTS) is 1. The summed E-state index contributed by atoms with van der Waals surface area (Å²) >= 11 is 0. The van der Waals surface area contributed by atoms with Gasteiger partial charge < -0.3 is 15.2 Å². The van der Waals surface area contributed by atoms with Gasteiger partial charge in [0.05, 0.1) is 0 Å². The highest BCUT2D eigenvalue weighted by Crippen LogP contribution is 2.29. The number of nitrogens with zero attached hydrogens (tertiary/aromatic N) is 1. The molecular weight excluding hydrogens is 444 g/mol. The molecular formula is C28H28N2O5. The summed E-state index contributed by atoms with van der Waals surface area (Å²) in [6.07, 6.45) is 0.498. The highest BCUT2D eigenvalue weighted by atomic mass is 16.6. The van der Waals surface area contributed by atoms with Crippen LogP contribution in [0.4, 0.5) is 4.79 Å². The second kappa shape index (κ2) is 11.3. The third-order valence-electron chi connectivity index (χ3n) is 6.21. The first-order valence-electron chi connectivity index (χ1n) is 11.6. The lowest BCUT2D eigenvalue weighted by Gasteiger charge is -2.29. The minimum Gasteiger partial charge on any atom is -0.480 e. The van der Waals surface area contributed by atoms with E-state index in [9.17, 15) is 19.5 Å². The highest BCUT2D eigenvalue weighted by Gasteiger charge is 2.39. The zero-order valence-corrected chi connectivity index (χ0v) is 19.2. The van der Waals surface area contributed by atoms with Gasteiger partial charge in [0.15, 0.2) is 0 Å². The first-order valence-corrected chi connectivity index (χ1v) is 11.6. The van der Waals surface area contributed by atoms with E-state index >= 15 is 0 Å². The van der Waals surface area contributed by atoms with Crippen LogP contribution in [0.1, 0.15) is 35.4 Å². The molecule has 1 saturated heterocycles. The fourth-order valence-corrected chi connectivity index (χ4v) is 4.50. The number of carboxylic acids is 1. The van der Waals surface area contributed by atoms with Crippen LogP contribution in [0.5, 0.6) is 0 Å². The number of nitrogens with one attached hydrogen (secondary N) is 1. The van der Waals surface area contributed by atoms with Crippen molar-refractivity contribution in [3.05, 3.63) is 108 Å². The van der Waals surface area contributed by atoms with Gasteiger partial charge in [-0.05, 0) is 29.5 Å². The second-order valence-corrected chi connectivity index (χ2v) is 8.52. The van der Waals surface area contributed by atoms with E-state index < -0.39 is 36.0 Å². The van der Waals surface area contributed by atoms with E-state index in [4.69, 9.17) is 4.74 Å². The molecule has 1 aliphatic heterocycles. The number of carbonyl (C=O) groups excluding carboxylic acids is 2. The zero-order chi connectivity index (χ0) is 24.6. The average molecular weight is 473 g/mol. The number of benzene rings is 3. The van der Waals surface area contributed by atoms with Gasteiger partial charge in [-0.2, -0.15) is 0 Å². The molecule has 0 spiro atoms. The molecule has 0 aliphatic carbocycles. The number of hydrogen-bond donors (Lipinski definition) is 2. The van der Waals surface area contributed by atoms with Crippen molar-refractivity contribution < 1.29 is 24.2 Å². The molecule has 1 fully saturated rings. The predicted molar refractivity (Wildman–Crippen MR) is 131 cm³/mol. The number of amides is 2. The molecule has 3 aromatic rings. The van der Waals surface area contributed by atoms with Crippen molar-refractivity contribution in [2.75, 3.05) is 6.54 Å². The van der Waals surface area contributed by atoms with Gasteiger partial charge in [0.25, 0.3) is 0 Å². The molecule has 0 bridgehead atoms. The van der Waals surface area contributed by atoms with Crippen LogP contribution < -0.4 is 5.32 Å². The van der Waals surface area contributed by atoms with Gasteiger partial charge in [-0.25, -0.2) is 9.59 Å². The van der Waals surface area contributed by atoms with Crippen molar-refractivity contribution in [2.45, 2.75) is 37.5 Å². The molecule has 180 valence electrons. The number of rotatable bonds is 8. The molecule has 0 unspecified atom stereocenters. The Morgan fingerprint density at radius 1 is 0.886 bits per heavy atom. The average Bonchev–Trinajstić information content (AvgIpc) is 3.39. The summed E-state index contributed by atoms with van der Waals surface area (Å²) in [5, 5.41) is 12.8. The van der Waals surface area contributed by atoms with Gasteiger partial charge in [-0.1, -0.05) is 91.0 Å². The number of aliphatic carboxylic acids is 1. The van der Waals surface area contributed by atoms with E-state index in [1.165, 1.54) is 4.90 Å². The minimum atomic E-state index is -1.21. The van der Waals surface area contributed by atoms with Crippen LogP contribution in [0.3, 0.4) is 0 Å². The van der Waals surface area contributed by atoms with Gasteiger partial charge >= 0.3 is 12.1 Å². The van der Waals surface area contributed by atoms with E-state index in [0.717, 1.165) is 16.7 Å². The molecule has 3 aromatic carbocycles. The Bertz CT molecular complexity index is 1100. The monoisotopic (exact) mass is 472 g/mol. The Morgan fingerprint density at radius 3 is 1.97 bits per heavy atom. The van der Waals surface area contributed by atoms with Crippen molar-refractivity contribution >= 4 is 18.0 Å². The summed E-state index contributed by atoms with van der Waals surface area (Å²) in [7, 11) is 0. The van der Waals surface area contributed by atoms with Crippen molar-refractivity contribution in [2.24, 2.45) is 0 Å². The van der Waals surface area contributed by atoms with Gasteiger partial charge in [0, 0.05) is 12.5 Å². The normalized spacial score (nSPS) is 16.0. The molecule has 7 nitrogen and oxygen atoms in total. The molecule has 7 heteroatoms. The Kier molecular flexibility index (Phi) is 7.77. The van der Waals surface area contributed by atoms with Crippen LogP contribution in [0.25, 0.3) is 0 Å². The molecule has 0 radical (unpaired) electrons. The SMILES string of the molecule is O=C(O)[C@@H](NC(=O)[C@H]1CCCN1C(=O)OCc1ccccc1)C(c1ccccc1)c1ccccc1. The molecule has 4 rings (SSSR count). The van der Waals surface area contributed by atoms with Gasteiger partial charge in [-0.3, -0.25) is 9.69 Å². The summed E-state index contributed by atoms with van der Waals surface area (Å²) in [6.45, 7) is 0.483. The molecule has 0 saturated carbocycles. The summed E-state index contributed by atoms with van der Waals surface area (Å²) < 4.78 is 5.42. The lowest BCUT2D eigenvalue weighted by molar-refractivity contribution is -0.142. The summed E-state index contributed by atoms with van der Waals surface area (Å²) in [5.74, 6) is -2.24. The molecule has 35 heavy (non-hydrogen) atoms. The van der Waals surface area contributed by atoms with Crippen molar-refractivity contribution in [1.29, 1.82) is 0 Å². The van der Waals surface area contributed by atoms with Crippen LogP contribution in [-0.4, -0.2) is 46.6 Å². The Hall–Kier alpha value is -4.13. The van der Waals surface area contributed by atoms with Crippen LogP contribution in [-0.2, 0) is 20.9 Å². The van der Waals surface area contributed by atoms with Crippen molar-refractivity contribution in [3.8, 4) is 0 Å². The Morgan fingerprint density at radius 2 is 1.43 bits per heavy atom. The number of ether oxygens (including phenoxy) is 1. The largest absolute Gasteiger partial charge is 0.480 e. The predicted octanol–water partition coefficient (Wildman–Crippen LogP) is 4.19. The number of likely N-dealkylation sites (tertiary alicyclic amines) is 1. The Labute approximate surface area is 204 Å². The minimum absolute atomic E-state index is 0.104. The standard InChI is InChI=1S/C28H28N2O5/c31-26(23-17-10-18-30(23)28(34)35-19-20-11-4-1-5-12-20)29-25(27(32)33)24(21-13-6-2-7-14-21)22-15-8-3-9-16-22/h1-9,11-16,23-25H,10,17-19H2,(H,29,31)(H,32,33)/t23-,25+/m1/s1. The molecule has 2 N–H and O–H groups in total. The van der Waals surface area contributed by atoms with Crippen molar-refractivity contribution in [1.82, 2.24) is 10.2 Å². The van der Waals surface area contributed by atoms with E-state index in [1.807, 2.05) is 91.0 Å². The summed E-state index contributed by atoms with van der Waals surface area (Å²) in [4.78, 5) is 39.8. The molecule has 0 aromatic heterocycles. The van der Waals surface area contributed by atoms with Gasteiger partial charge in [-0.15, -0.1) is 0 Å². The molecule has 2 amide bonds. The fraction of sp³-hybridized carbons (Fsp3) is 0.250. The molecule has 2 atom stereocenters. The van der Waals surface area contributed by atoms with Gasteiger partial charge in [0.1, 0.15) is 18.7 Å². The quantitative estimate of drug-likeness (QED) is 0.513. The van der Waals surface area contributed by atoms with Crippen LogP contribution in [0.15, 0.2) is 91.0 Å². The third kappa shape index (κ3) is 5.87. The first-order chi connectivity index (χ1) is 17.0. The number of carbonyl (C=O) groups is 3. The van der Waals surface area contributed by atoms with E-state index in [-0.39, 0.29) is 6.61 Å². The molecule has 1 heterocycles. The van der Waals surface area contributed by atoms with E-state index in [1.54, 1.807) is 0 Å². The highest BCUT2D eigenvalue weighted by molar-refractivity contribution is 5.90. The maximum atomic E-state index is 13.3. The van der Waals surface area contributed by atoms with Crippen molar-refractivity contribution in [3.63, 3.8) is 0 Å².